The van der Waals surface area contributed by atoms with E-state index in [1.54, 1.807) is 43.3 Å². The summed E-state index contributed by atoms with van der Waals surface area (Å²) >= 11 is 0. The van der Waals surface area contributed by atoms with Crippen LogP contribution < -0.4 is 10.5 Å². The number of amides is 1. The number of nitrogens with one attached hydrogen (secondary N) is 2. The molecule has 0 aliphatic heterocycles. The standard InChI is InChI=1S/C17H18N4O4/c1-11-8-9-14(15(10-11)21(24)25)19-20-16(12(2)22)17(23)18-13-6-4-3-5-7-13/h3-10,16,21,24H,1-2H3,(H,18,23)/t16-/m0/s1. The van der Waals surface area contributed by atoms with E-state index < -0.39 is 23.0 Å². The van der Waals surface area contributed by atoms with Gasteiger partial charge in [-0.2, -0.15) is 10.3 Å². The number of carbonyl (C=O) groups excluding carboxylic acids is 2. The summed E-state index contributed by atoms with van der Waals surface area (Å²) in [5, 5.41) is 29.5. The molecule has 0 bridgehead atoms. The average molecular weight is 342 g/mol. The summed E-state index contributed by atoms with van der Waals surface area (Å²) in [6, 6.07) is 11.9. The third-order valence-electron chi connectivity index (χ3n) is 3.34. The van der Waals surface area contributed by atoms with Crippen molar-refractivity contribution >= 4 is 28.8 Å². The largest absolute Gasteiger partial charge is 0.595 e. The first-order chi connectivity index (χ1) is 11.9. The zero-order chi connectivity index (χ0) is 18.4. The van der Waals surface area contributed by atoms with Crippen molar-refractivity contribution in [1.29, 1.82) is 0 Å². The van der Waals surface area contributed by atoms with Crippen LogP contribution in [-0.2, 0) is 9.59 Å². The van der Waals surface area contributed by atoms with Crippen molar-refractivity contribution < 1.29 is 20.0 Å². The third kappa shape index (κ3) is 5.01. The summed E-state index contributed by atoms with van der Waals surface area (Å²) in [5.74, 6) is -1.13. The lowest BCUT2D eigenvalue weighted by Gasteiger charge is -2.14. The normalized spacial score (nSPS) is 13.4. The monoisotopic (exact) mass is 342 g/mol. The fourth-order valence-electron chi connectivity index (χ4n) is 2.08. The van der Waals surface area contributed by atoms with Gasteiger partial charge in [-0.15, -0.1) is 5.11 Å². The molecular weight excluding hydrogens is 324 g/mol. The number of benzene rings is 2. The number of aryl methyl sites for hydroxylation is 1. The van der Waals surface area contributed by atoms with Crippen molar-refractivity contribution in [3.63, 3.8) is 0 Å². The second-order valence-electron chi connectivity index (χ2n) is 5.41. The molecule has 2 atom stereocenters. The van der Waals surface area contributed by atoms with E-state index >= 15 is 0 Å². The number of anilines is 1. The smallest absolute Gasteiger partial charge is 0.258 e. The second kappa shape index (κ2) is 8.25. The van der Waals surface area contributed by atoms with Crippen molar-refractivity contribution in [2.75, 3.05) is 5.32 Å². The number of rotatable bonds is 6. The Morgan fingerprint density at radius 3 is 2.48 bits per heavy atom. The Hall–Kier alpha value is -2.94. The lowest BCUT2D eigenvalue weighted by atomic mass is 10.2. The van der Waals surface area contributed by atoms with Crippen molar-refractivity contribution in [2.45, 2.75) is 19.9 Å². The Balaban J connectivity index is 2.23. The van der Waals surface area contributed by atoms with E-state index in [0.29, 0.717) is 5.69 Å². The zero-order valence-electron chi connectivity index (χ0n) is 13.8. The lowest BCUT2D eigenvalue weighted by molar-refractivity contribution is -0.990. The molecule has 0 heterocycles. The molecule has 0 aliphatic carbocycles. The van der Waals surface area contributed by atoms with Crippen molar-refractivity contribution in [2.24, 2.45) is 10.2 Å². The van der Waals surface area contributed by atoms with Crippen LogP contribution in [0.15, 0.2) is 58.8 Å². The van der Waals surface area contributed by atoms with Gasteiger partial charge in [0.1, 0.15) is 5.69 Å². The fraction of sp³-hybridized carbons (Fsp3) is 0.176. The van der Waals surface area contributed by atoms with Gasteiger partial charge in [0.15, 0.2) is 11.5 Å². The molecule has 2 aromatic carbocycles. The Bertz CT molecular complexity index is 790. The fourth-order valence-corrected chi connectivity index (χ4v) is 2.08. The summed E-state index contributed by atoms with van der Waals surface area (Å²) in [6.45, 7) is 2.97. The van der Waals surface area contributed by atoms with E-state index in [-0.39, 0.29) is 11.4 Å². The van der Waals surface area contributed by atoms with Crippen LogP contribution in [0.2, 0.25) is 0 Å². The molecule has 0 saturated carbocycles. The van der Waals surface area contributed by atoms with Crippen LogP contribution in [0.3, 0.4) is 0 Å². The first kappa shape index (κ1) is 18.4. The van der Waals surface area contributed by atoms with E-state index in [4.69, 9.17) is 0 Å². The van der Waals surface area contributed by atoms with Gasteiger partial charge in [-0.3, -0.25) is 9.59 Å². The number of ketones is 1. The SMILES string of the molecule is CC(=O)[C@H](N=Nc1ccc(C)cc1[NH+]([O-])O)C(=O)Nc1ccccc1. The Morgan fingerprint density at radius 2 is 1.88 bits per heavy atom. The van der Waals surface area contributed by atoms with E-state index in [1.807, 2.05) is 0 Å². The predicted molar refractivity (Wildman–Crippen MR) is 91.0 cm³/mol. The Kier molecular flexibility index (Phi) is 6.07. The summed E-state index contributed by atoms with van der Waals surface area (Å²) in [6.07, 6.45) is 0. The van der Waals surface area contributed by atoms with Crippen LogP contribution in [0.5, 0.6) is 0 Å². The highest BCUT2D eigenvalue weighted by molar-refractivity contribution is 6.10. The molecule has 25 heavy (non-hydrogen) atoms. The first-order valence-electron chi connectivity index (χ1n) is 7.49. The number of Topliss-reactive ketones (excluding diaryl/α,β-unsaturated/α-hetero) is 1. The van der Waals surface area contributed by atoms with Crippen molar-refractivity contribution in [3.8, 4) is 0 Å². The molecule has 2 rings (SSSR count). The van der Waals surface area contributed by atoms with Gasteiger partial charge >= 0.3 is 0 Å². The van der Waals surface area contributed by atoms with Crippen LogP contribution in [0, 0.1) is 12.1 Å². The van der Waals surface area contributed by atoms with Crippen molar-refractivity contribution in [1.82, 2.24) is 0 Å². The maximum atomic E-state index is 12.2. The van der Waals surface area contributed by atoms with Gasteiger partial charge in [0.2, 0.25) is 6.04 Å². The first-order valence-corrected chi connectivity index (χ1v) is 7.49. The molecule has 8 nitrogen and oxygen atoms in total. The minimum Gasteiger partial charge on any atom is -0.595 e. The quantitative estimate of drug-likeness (QED) is 0.423. The van der Waals surface area contributed by atoms with E-state index in [0.717, 1.165) is 5.56 Å². The minimum absolute atomic E-state index is 0.0467. The van der Waals surface area contributed by atoms with E-state index in [9.17, 15) is 20.0 Å². The van der Waals surface area contributed by atoms with Crippen LogP contribution in [0.1, 0.15) is 12.5 Å². The van der Waals surface area contributed by atoms with Crippen LogP contribution >= 0.6 is 0 Å². The van der Waals surface area contributed by atoms with E-state index in [1.165, 1.54) is 19.1 Å². The molecule has 3 N–H and O–H groups in total. The molecule has 0 fully saturated rings. The zero-order valence-corrected chi connectivity index (χ0v) is 13.8. The second-order valence-corrected chi connectivity index (χ2v) is 5.41. The highest BCUT2D eigenvalue weighted by atomic mass is 16.8. The number of nitrogens with zero attached hydrogens (tertiary/aromatic N) is 2. The predicted octanol–water partition coefficient (Wildman–Crippen LogP) is 2.08. The highest BCUT2D eigenvalue weighted by Crippen LogP contribution is 2.23. The van der Waals surface area contributed by atoms with Crippen LogP contribution in [-0.4, -0.2) is 22.9 Å². The Labute approximate surface area is 144 Å². The van der Waals surface area contributed by atoms with Crippen molar-refractivity contribution in [3.05, 3.63) is 59.3 Å². The van der Waals surface area contributed by atoms with Crippen LogP contribution in [0.25, 0.3) is 0 Å². The number of azo groups is 1. The highest BCUT2D eigenvalue weighted by Gasteiger charge is 2.23. The molecule has 1 unspecified atom stereocenters. The van der Waals surface area contributed by atoms with Gasteiger partial charge in [-0.1, -0.05) is 24.3 Å². The number of carbonyl (C=O) groups is 2. The van der Waals surface area contributed by atoms with E-state index in [2.05, 4.69) is 15.5 Å². The van der Waals surface area contributed by atoms with Gasteiger partial charge in [-0.05, 0) is 37.6 Å². The molecule has 0 saturated heterocycles. The molecule has 0 aliphatic rings. The van der Waals surface area contributed by atoms with Crippen LogP contribution in [0.4, 0.5) is 17.1 Å². The maximum Gasteiger partial charge on any atom is 0.258 e. The third-order valence-corrected chi connectivity index (χ3v) is 3.34. The van der Waals surface area contributed by atoms with Gasteiger partial charge in [0.25, 0.3) is 5.91 Å². The molecule has 0 radical (unpaired) electrons. The molecule has 2 aromatic rings. The molecule has 0 aromatic heterocycles. The molecule has 8 heteroatoms. The topological polar surface area (TPSA) is 119 Å². The molecular formula is C17H18N4O4. The Morgan fingerprint density at radius 1 is 1.20 bits per heavy atom. The summed E-state index contributed by atoms with van der Waals surface area (Å²) in [5.41, 5.74) is 1.31. The lowest BCUT2D eigenvalue weighted by Crippen LogP contribution is -2.99. The van der Waals surface area contributed by atoms with Gasteiger partial charge in [-0.25, -0.2) is 5.21 Å². The van der Waals surface area contributed by atoms with Gasteiger partial charge < -0.3 is 10.5 Å². The number of hydrogen-bond acceptors (Lipinski definition) is 6. The maximum absolute atomic E-state index is 12.2. The van der Waals surface area contributed by atoms with Gasteiger partial charge in [0, 0.05) is 11.8 Å². The molecule has 0 spiro atoms. The number of quaternary nitrogens is 1. The minimum atomic E-state index is -1.36. The summed E-state index contributed by atoms with van der Waals surface area (Å²) < 4.78 is 0. The molecule has 130 valence electrons. The average Bonchev–Trinajstić information content (AvgIpc) is 2.56. The molecule has 1 amide bonds. The summed E-state index contributed by atoms with van der Waals surface area (Å²) in [7, 11) is 0. The number of hydrogen-bond donors (Lipinski definition) is 3. The number of para-hydroxylation sites is 1. The van der Waals surface area contributed by atoms with Gasteiger partial charge in [0.05, 0.1) is 0 Å². The summed E-state index contributed by atoms with van der Waals surface area (Å²) in [4.78, 5) is 24.0.